The zero-order chi connectivity index (χ0) is 22.1. The molecule has 0 saturated carbocycles. The molecule has 0 bridgehead atoms. The van der Waals surface area contributed by atoms with E-state index in [1.165, 1.54) is 35.1 Å². The van der Waals surface area contributed by atoms with Crippen LogP contribution in [-0.2, 0) is 9.53 Å². The number of carbonyl (C=O) groups is 1. The van der Waals surface area contributed by atoms with Crippen molar-refractivity contribution < 1.29 is 13.9 Å². The summed E-state index contributed by atoms with van der Waals surface area (Å²) in [4.78, 5) is 32.1. The molecule has 0 unspecified atom stereocenters. The Morgan fingerprint density at radius 2 is 1.87 bits per heavy atom. The lowest BCUT2D eigenvalue weighted by Gasteiger charge is -2.24. The van der Waals surface area contributed by atoms with E-state index in [0.29, 0.717) is 26.2 Å². The van der Waals surface area contributed by atoms with Crippen LogP contribution in [0, 0.1) is 5.82 Å². The number of carbonyl (C=O) groups excluding carboxylic acids is 1. The highest BCUT2D eigenvalue weighted by molar-refractivity contribution is 7.98. The highest BCUT2D eigenvalue weighted by atomic mass is 32.2. The van der Waals surface area contributed by atoms with Gasteiger partial charge in [-0.1, -0.05) is 35.6 Å². The molecule has 1 aliphatic rings. The number of benzene rings is 2. The molecule has 1 atom stereocenters. The minimum Gasteiger partial charge on any atom is -0.466 e. The SMILES string of the molecule is COC(=O)C1=C(C)N=c2s/c(=C\c3ccc(F)cc3)c(=O)n2[C@H]1c1ccc(SC)cc1. The smallest absolute Gasteiger partial charge is 0.338 e. The molecular formula is C23H19FN2O3S2. The van der Waals surface area contributed by atoms with Crippen LogP contribution in [0.4, 0.5) is 4.39 Å². The predicted molar refractivity (Wildman–Crippen MR) is 120 cm³/mol. The number of hydrogen-bond donors (Lipinski definition) is 0. The Kier molecular flexibility index (Phi) is 5.93. The van der Waals surface area contributed by atoms with Gasteiger partial charge in [0.05, 0.1) is 29.0 Å². The van der Waals surface area contributed by atoms with E-state index in [1.54, 1.807) is 36.9 Å². The van der Waals surface area contributed by atoms with E-state index in [4.69, 9.17) is 4.74 Å². The molecular weight excluding hydrogens is 435 g/mol. The molecule has 31 heavy (non-hydrogen) atoms. The highest BCUT2D eigenvalue weighted by Gasteiger charge is 2.33. The van der Waals surface area contributed by atoms with Crippen LogP contribution >= 0.6 is 23.1 Å². The van der Waals surface area contributed by atoms with Crippen LogP contribution in [0.5, 0.6) is 0 Å². The first-order valence-electron chi connectivity index (χ1n) is 9.43. The Bertz CT molecular complexity index is 1350. The third-order valence-electron chi connectivity index (χ3n) is 5.03. The minimum absolute atomic E-state index is 0.263. The molecule has 0 amide bonds. The number of esters is 1. The lowest BCUT2D eigenvalue weighted by Crippen LogP contribution is -2.39. The number of thioether (sulfide) groups is 1. The predicted octanol–water partition coefficient (Wildman–Crippen LogP) is 3.27. The first-order valence-corrected chi connectivity index (χ1v) is 11.5. The van der Waals surface area contributed by atoms with E-state index < -0.39 is 12.0 Å². The number of nitrogens with zero attached hydrogens (tertiary/aromatic N) is 2. The second-order valence-corrected chi connectivity index (χ2v) is 8.79. The fraction of sp³-hybridized carbons (Fsp3) is 0.174. The van der Waals surface area contributed by atoms with E-state index >= 15 is 0 Å². The molecule has 0 aliphatic carbocycles. The number of ether oxygens (including phenoxy) is 1. The van der Waals surface area contributed by atoms with Crippen LogP contribution in [0.2, 0.25) is 0 Å². The number of hydrogen-bond acceptors (Lipinski definition) is 6. The van der Waals surface area contributed by atoms with Crippen LogP contribution in [0.1, 0.15) is 24.1 Å². The Hall–Kier alpha value is -2.97. The van der Waals surface area contributed by atoms with Crippen molar-refractivity contribution in [3.8, 4) is 0 Å². The maximum Gasteiger partial charge on any atom is 0.338 e. The molecule has 1 aromatic heterocycles. The van der Waals surface area contributed by atoms with E-state index in [9.17, 15) is 14.0 Å². The number of aromatic nitrogens is 1. The van der Waals surface area contributed by atoms with Crippen molar-refractivity contribution in [3.05, 3.63) is 96.4 Å². The van der Waals surface area contributed by atoms with Gasteiger partial charge in [0.1, 0.15) is 5.82 Å². The number of rotatable bonds is 4. The van der Waals surface area contributed by atoms with Gasteiger partial charge < -0.3 is 4.74 Å². The third-order valence-corrected chi connectivity index (χ3v) is 6.75. The van der Waals surface area contributed by atoms with Gasteiger partial charge >= 0.3 is 5.97 Å². The van der Waals surface area contributed by atoms with Gasteiger partial charge in [-0.2, -0.15) is 0 Å². The minimum atomic E-state index is -0.644. The molecule has 0 fully saturated rings. The summed E-state index contributed by atoms with van der Waals surface area (Å²) in [5, 5.41) is 0. The topological polar surface area (TPSA) is 60.7 Å². The van der Waals surface area contributed by atoms with Gasteiger partial charge in [-0.15, -0.1) is 11.8 Å². The summed E-state index contributed by atoms with van der Waals surface area (Å²) in [6.07, 6.45) is 3.69. The lowest BCUT2D eigenvalue weighted by atomic mass is 9.96. The van der Waals surface area contributed by atoms with Gasteiger partial charge in [-0.05, 0) is 54.6 Å². The van der Waals surface area contributed by atoms with Crippen molar-refractivity contribution >= 4 is 35.1 Å². The fourth-order valence-corrected chi connectivity index (χ4v) is 4.96. The van der Waals surface area contributed by atoms with Crippen molar-refractivity contribution in [2.75, 3.05) is 13.4 Å². The van der Waals surface area contributed by atoms with Crippen molar-refractivity contribution in [1.82, 2.24) is 4.57 Å². The fourth-order valence-electron chi connectivity index (χ4n) is 3.50. The monoisotopic (exact) mass is 454 g/mol. The molecule has 4 rings (SSSR count). The number of methoxy groups -OCH3 is 1. The molecule has 3 aromatic rings. The molecule has 8 heteroatoms. The summed E-state index contributed by atoms with van der Waals surface area (Å²) >= 11 is 2.85. The molecule has 2 heterocycles. The van der Waals surface area contributed by atoms with E-state index in [2.05, 4.69) is 4.99 Å². The van der Waals surface area contributed by atoms with Crippen LogP contribution < -0.4 is 14.9 Å². The van der Waals surface area contributed by atoms with Gasteiger partial charge in [0.15, 0.2) is 4.80 Å². The summed E-state index contributed by atoms with van der Waals surface area (Å²) in [5.74, 6) is -0.862. The number of thiazole rings is 1. The number of fused-ring (bicyclic) bond motifs is 1. The zero-order valence-corrected chi connectivity index (χ0v) is 18.7. The normalized spacial score (nSPS) is 16.1. The van der Waals surface area contributed by atoms with Gasteiger partial charge in [0.25, 0.3) is 5.56 Å². The van der Waals surface area contributed by atoms with Gasteiger partial charge in [-0.3, -0.25) is 9.36 Å². The maximum atomic E-state index is 13.4. The van der Waals surface area contributed by atoms with Crippen molar-refractivity contribution in [2.45, 2.75) is 17.9 Å². The van der Waals surface area contributed by atoms with E-state index in [0.717, 1.165) is 10.5 Å². The summed E-state index contributed by atoms with van der Waals surface area (Å²) in [5.41, 5.74) is 2.08. The standard InChI is InChI=1S/C23H19FN2O3S2/c1-13-19(22(28)29-2)20(15-6-10-17(30-3)11-7-15)26-21(27)18(31-23(26)25-13)12-14-4-8-16(24)9-5-14/h4-12,20H,1-3H3/b18-12-/t20-/m0/s1. The maximum absolute atomic E-state index is 13.4. The van der Waals surface area contributed by atoms with E-state index in [-0.39, 0.29) is 11.4 Å². The van der Waals surface area contributed by atoms with Gasteiger partial charge in [-0.25, -0.2) is 14.2 Å². The summed E-state index contributed by atoms with van der Waals surface area (Å²) < 4.78 is 20.2. The summed E-state index contributed by atoms with van der Waals surface area (Å²) in [6.45, 7) is 1.74. The van der Waals surface area contributed by atoms with Crippen molar-refractivity contribution in [1.29, 1.82) is 0 Å². The highest BCUT2D eigenvalue weighted by Crippen LogP contribution is 2.31. The van der Waals surface area contributed by atoms with Crippen LogP contribution in [-0.4, -0.2) is 23.9 Å². The molecule has 0 saturated heterocycles. The number of halogens is 1. The molecule has 0 radical (unpaired) electrons. The molecule has 0 N–H and O–H groups in total. The lowest BCUT2D eigenvalue weighted by molar-refractivity contribution is -0.136. The van der Waals surface area contributed by atoms with Crippen LogP contribution in [0.25, 0.3) is 6.08 Å². The molecule has 0 spiro atoms. The van der Waals surface area contributed by atoms with E-state index in [1.807, 2.05) is 30.5 Å². The first-order chi connectivity index (χ1) is 14.9. The summed E-state index contributed by atoms with van der Waals surface area (Å²) in [6, 6.07) is 13.0. The van der Waals surface area contributed by atoms with Gasteiger partial charge in [0.2, 0.25) is 0 Å². The molecule has 1 aliphatic heterocycles. The second-order valence-electron chi connectivity index (χ2n) is 6.90. The quantitative estimate of drug-likeness (QED) is 0.449. The van der Waals surface area contributed by atoms with Crippen molar-refractivity contribution in [3.63, 3.8) is 0 Å². The van der Waals surface area contributed by atoms with Crippen LogP contribution in [0.15, 0.2) is 74.5 Å². The first kappa shape index (κ1) is 21.3. The molecule has 2 aromatic carbocycles. The average molecular weight is 455 g/mol. The zero-order valence-electron chi connectivity index (χ0n) is 17.1. The third kappa shape index (κ3) is 4.00. The Labute approximate surface area is 186 Å². The number of allylic oxidation sites excluding steroid dienone is 1. The average Bonchev–Trinajstić information content (AvgIpc) is 3.08. The largest absolute Gasteiger partial charge is 0.466 e. The molecule has 5 nitrogen and oxygen atoms in total. The Balaban J connectivity index is 1.94. The molecule has 158 valence electrons. The van der Waals surface area contributed by atoms with Crippen molar-refractivity contribution in [2.24, 2.45) is 4.99 Å². The Morgan fingerprint density at radius 1 is 1.19 bits per heavy atom. The van der Waals surface area contributed by atoms with Gasteiger partial charge in [0, 0.05) is 4.90 Å². The summed E-state index contributed by atoms with van der Waals surface area (Å²) in [7, 11) is 1.32. The Morgan fingerprint density at radius 3 is 2.48 bits per heavy atom. The van der Waals surface area contributed by atoms with Crippen LogP contribution in [0.3, 0.4) is 0 Å². The second kappa shape index (κ2) is 8.64.